The Labute approximate surface area is 260 Å². The number of ketones is 1. The number of primary amides is 1. The lowest BCUT2D eigenvalue weighted by molar-refractivity contribution is -0.143. The summed E-state index contributed by atoms with van der Waals surface area (Å²) in [6, 6.07) is 6.51. The Morgan fingerprint density at radius 1 is 1.02 bits per heavy atom. The van der Waals surface area contributed by atoms with Crippen molar-refractivity contribution in [1.29, 1.82) is 0 Å². The van der Waals surface area contributed by atoms with Crippen LogP contribution in [-0.2, 0) is 19.2 Å². The van der Waals surface area contributed by atoms with Crippen LogP contribution in [0.15, 0.2) is 35.2 Å². The van der Waals surface area contributed by atoms with Crippen LogP contribution in [0.5, 0.6) is 0 Å². The highest BCUT2D eigenvalue weighted by atomic mass is 32.2. The van der Waals surface area contributed by atoms with E-state index in [1.807, 2.05) is 85.8 Å². The predicted octanol–water partition coefficient (Wildman–Crippen LogP) is 2.94. The number of nitrogens with two attached hydrogens (primary N) is 1. The van der Waals surface area contributed by atoms with E-state index in [-0.39, 0.29) is 30.2 Å². The Hall–Kier alpha value is -3.12. The summed E-state index contributed by atoms with van der Waals surface area (Å²) in [7, 11) is 1.97. The molecular formula is C31H50N6O5S. The lowest BCUT2D eigenvalue weighted by atomic mass is 9.85. The summed E-state index contributed by atoms with van der Waals surface area (Å²) in [4.78, 5) is 67.0. The van der Waals surface area contributed by atoms with Gasteiger partial charge in [0.2, 0.25) is 17.6 Å². The summed E-state index contributed by atoms with van der Waals surface area (Å²) < 4.78 is 2.07. The molecule has 1 aromatic carbocycles. The van der Waals surface area contributed by atoms with Crippen molar-refractivity contribution in [2.75, 3.05) is 20.1 Å². The molecule has 2 rings (SSSR count). The van der Waals surface area contributed by atoms with Gasteiger partial charge in [-0.1, -0.05) is 66.7 Å². The maximum atomic E-state index is 13.9. The maximum absolute atomic E-state index is 13.9. The molecule has 1 aromatic rings. The molecule has 0 aromatic heterocycles. The van der Waals surface area contributed by atoms with Gasteiger partial charge in [0.25, 0.3) is 5.91 Å². The summed E-state index contributed by atoms with van der Waals surface area (Å²) >= 11 is 1.59. The van der Waals surface area contributed by atoms with Gasteiger partial charge in [-0.25, -0.2) is 9.10 Å². The molecule has 1 aliphatic heterocycles. The number of amides is 5. The first-order valence-corrected chi connectivity index (χ1v) is 15.7. The zero-order valence-corrected chi connectivity index (χ0v) is 27.6. The summed E-state index contributed by atoms with van der Waals surface area (Å²) in [6.45, 7) is 14.3. The van der Waals surface area contributed by atoms with Gasteiger partial charge in [-0.05, 0) is 67.6 Å². The molecule has 1 saturated heterocycles. The second-order valence-electron chi connectivity index (χ2n) is 13.1. The highest BCUT2D eigenvalue weighted by Crippen LogP contribution is 2.26. The molecule has 4 atom stereocenters. The minimum absolute atomic E-state index is 0.0225. The second kappa shape index (κ2) is 16.1. The highest BCUT2D eigenvalue weighted by molar-refractivity contribution is 7.97. The average Bonchev–Trinajstić information content (AvgIpc) is 3.40. The van der Waals surface area contributed by atoms with Crippen LogP contribution < -0.4 is 21.7 Å². The second-order valence-corrected chi connectivity index (χ2v) is 14.4. The van der Waals surface area contributed by atoms with E-state index in [1.54, 1.807) is 11.9 Å². The molecule has 43 heavy (non-hydrogen) atoms. The smallest absolute Gasteiger partial charge is 0.315 e. The van der Waals surface area contributed by atoms with Crippen molar-refractivity contribution in [2.24, 2.45) is 23.0 Å². The fourth-order valence-electron chi connectivity index (χ4n) is 5.00. The van der Waals surface area contributed by atoms with Crippen LogP contribution in [0.2, 0.25) is 0 Å². The Morgan fingerprint density at radius 2 is 1.65 bits per heavy atom. The van der Waals surface area contributed by atoms with E-state index in [9.17, 15) is 24.0 Å². The van der Waals surface area contributed by atoms with Crippen molar-refractivity contribution < 1.29 is 24.0 Å². The number of carbonyl (C=O) groups is 5. The molecule has 0 spiro atoms. The number of likely N-dealkylation sites (N-methyl/N-ethyl adjacent to an activating group) is 1. The average molecular weight is 619 g/mol. The van der Waals surface area contributed by atoms with E-state index >= 15 is 0 Å². The molecule has 5 N–H and O–H groups in total. The number of urea groups is 1. The molecule has 0 radical (unpaired) electrons. The monoisotopic (exact) mass is 618 g/mol. The lowest BCUT2D eigenvalue weighted by Crippen LogP contribution is -2.61. The van der Waals surface area contributed by atoms with Crippen molar-refractivity contribution in [3.63, 3.8) is 0 Å². The Balaban J connectivity index is 2.13. The minimum atomic E-state index is -1.11. The molecule has 0 saturated carbocycles. The van der Waals surface area contributed by atoms with Crippen molar-refractivity contribution in [3.05, 3.63) is 30.3 Å². The number of nitrogens with one attached hydrogen (secondary N) is 3. The number of rotatable bonds is 14. The summed E-state index contributed by atoms with van der Waals surface area (Å²) in [5, 5.41) is 8.59. The number of hydrogen-bond acceptors (Lipinski definition) is 7. The molecule has 0 aliphatic carbocycles. The number of Topliss-reactive ketones (excluding diaryl/α,β-unsaturated/α-hetero) is 1. The van der Waals surface area contributed by atoms with Crippen molar-refractivity contribution in [1.82, 2.24) is 25.2 Å². The molecule has 12 heteroatoms. The first kappa shape index (κ1) is 36.1. The summed E-state index contributed by atoms with van der Waals surface area (Å²) in [5.74, 6) is -2.72. The number of benzene rings is 1. The first-order valence-electron chi connectivity index (χ1n) is 15.0. The zero-order valence-electron chi connectivity index (χ0n) is 26.8. The Morgan fingerprint density at radius 3 is 2.19 bits per heavy atom. The third-order valence-corrected chi connectivity index (χ3v) is 8.33. The van der Waals surface area contributed by atoms with E-state index in [2.05, 4.69) is 20.3 Å². The number of hydrogen-bond donors (Lipinski definition) is 4. The van der Waals surface area contributed by atoms with Gasteiger partial charge < -0.3 is 26.6 Å². The zero-order chi connectivity index (χ0) is 32.5. The fraction of sp³-hybridized carbons (Fsp3) is 0.645. The van der Waals surface area contributed by atoms with E-state index in [0.29, 0.717) is 25.9 Å². The van der Waals surface area contributed by atoms with Crippen LogP contribution in [0.3, 0.4) is 0 Å². The first-order chi connectivity index (χ1) is 20.0. The van der Waals surface area contributed by atoms with Crippen molar-refractivity contribution in [2.45, 2.75) is 96.8 Å². The quantitative estimate of drug-likeness (QED) is 0.185. The molecule has 1 aliphatic rings. The normalized spacial score (nSPS) is 17.5. The molecule has 1 heterocycles. The van der Waals surface area contributed by atoms with E-state index in [1.165, 1.54) is 4.90 Å². The Bertz CT molecular complexity index is 1120. The number of likely N-dealkylation sites (tertiary alicyclic amines) is 1. The van der Waals surface area contributed by atoms with E-state index < -0.39 is 47.2 Å². The third kappa shape index (κ3) is 11.1. The maximum Gasteiger partial charge on any atom is 0.315 e. The van der Waals surface area contributed by atoms with Crippen LogP contribution in [0.4, 0.5) is 4.79 Å². The summed E-state index contributed by atoms with van der Waals surface area (Å²) in [6.07, 6.45) is 1.24. The predicted molar refractivity (Wildman–Crippen MR) is 169 cm³/mol. The Kier molecular flexibility index (Phi) is 13.5. The SMILES string of the molecule is CC(C)CC(NC(=O)C1CCCN1C(=O)C(NC(=O)NC(CN(C)Sc1ccccc1)C(C)C)C(C)(C)C)C(=O)C(N)=O. The van der Waals surface area contributed by atoms with Crippen molar-refractivity contribution >= 4 is 41.5 Å². The number of nitrogens with zero attached hydrogens (tertiary/aromatic N) is 2. The minimum Gasteiger partial charge on any atom is -0.363 e. The third-order valence-electron chi connectivity index (χ3n) is 7.39. The van der Waals surface area contributed by atoms with Gasteiger partial charge in [-0.15, -0.1) is 0 Å². The van der Waals surface area contributed by atoms with Gasteiger partial charge in [0.1, 0.15) is 12.1 Å². The molecule has 5 amide bonds. The summed E-state index contributed by atoms with van der Waals surface area (Å²) in [5.41, 5.74) is 4.55. The highest BCUT2D eigenvalue weighted by Gasteiger charge is 2.43. The van der Waals surface area contributed by atoms with Gasteiger partial charge in [-0.3, -0.25) is 19.2 Å². The molecule has 0 bridgehead atoms. The fourth-order valence-corrected chi connectivity index (χ4v) is 5.87. The molecule has 1 fully saturated rings. The van der Waals surface area contributed by atoms with Gasteiger partial charge in [-0.2, -0.15) is 0 Å². The molecule has 240 valence electrons. The lowest BCUT2D eigenvalue weighted by Gasteiger charge is -2.36. The molecular weight excluding hydrogens is 568 g/mol. The van der Waals surface area contributed by atoms with E-state index in [4.69, 9.17) is 5.73 Å². The molecule has 4 unspecified atom stereocenters. The van der Waals surface area contributed by atoms with Gasteiger partial charge in [0.15, 0.2) is 0 Å². The van der Waals surface area contributed by atoms with Crippen LogP contribution in [0.1, 0.15) is 67.7 Å². The van der Waals surface area contributed by atoms with Gasteiger partial charge in [0, 0.05) is 24.0 Å². The van der Waals surface area contributed by atoms with Crippen LogP contribution in [-0.4, -0.2) is 83.0 Å². The van der Waals surface area contributed by atoms with Gasteiger partial charge in [0.05, 0.1) is 6.04 Å². The molecule has 11 nitrogen and oxygen atoms in total. The van der Waals surface area contributed by atoms with Crippen LogP contribution >= 0.6 is 11.9 Å². The number of carbonyl (C=O) groups excluding carboxylic acids is 5. The largest absolute Gasteiger partial charge is 0.363 e. The van der Waals surface area contributed by atoms with E-state index in [0.717, 1.165) is 4.90 Å². The standard InChI is InChI=1S/C31H50N6O5S/c1-19(2)17-22(25(38)27(32)39)33-28(40)24-15-12-16-37(24)29(41)26(31(5,6)7)35-30(42)34-23(20(3)4)18-36(8)43-21-13-10-9-11-14-21/h9-11,13-14,19-20,22-24,26H,12,15-18H2,1-8H3,(H2,32,39)(H,33,40)(H2,34,35,42). The van der Waals surface area contributed by atoms with Crippen LogP contribution in [0, 0.1) is 17.3 Å². The van der Waals surface area contributed by atoms with Crippen LogP contribution in [0.25, 0.3) is 0 Å². The topological polar surface area (TPSA) is 154 Å². The van der Waals surface area contributed by atoms with Gasteiger partial charge >= 0.3 is 6.03 Å². The van der Waals surface area contributed by atoms with Crippen molar-refractivity contribution in [3.8, 4) is 0 Å².